The van der Waals surface area contributed by atoms with Crippen LogP contribution in [0.3, 0.4) is 0 Å². The van der Waals surface area contributed by atoms with Crippen LogP contribution in [0.5, 0.6) is 0 Å². The standard InChI is InChI=1S/C82H155NO18/c1-3-5-7-9-11-13-15-17-19-21-23-25-27-29-30-31-32-33-34-36-37-39-41-43-45-47-49-51-53-55-57-59-66(87)65(83-70(88)60-58-56-54-52-50-48-46-44-42-40-38-35-28-26-24-22-20-18-16-14-12-10-8-6-4-2)64-96-80-76(94)73(91)78(68(62-85)98-80)101-82-77(95)74(92)79(69(63-86)99-82)100-81-75(93)72(90)71(89)67(61-84)97-81/h22,24,57,59,65-69,71-82,84-87,89-95H,3-21,23,25-56,58,60-64H2,1-2H3,(H,83,88)/b24-22-,59-57+. The zero-order chi connectivity index (χ0) is 73.2. The van der Waals surface area contributed by atoms with Gasteiger partial charge >= 0.3 is 0 Å². The van der Waals surface area contributed by atoms with Crippen molar-refractivity contribution in [3.8, 4) is 0 Å². The third-order valence-electron chi connectivity index (χ3n) is 21.2. The van der Waals surface area contributed by atoms with Gasteiger partial charge in [0, 0.05) is 6.42 Å². The van der Waals surface area contributed by atoms with Gasteiger partial charge in [-0.15, -0.1) is 0 Å². The van der Waals surface area contributed by atoms with Crippen LogP contribution in [0.2, 0.25) is 0 Å². The van der Waals surface area contributed by atoms with Crippen molar-refractivity contribution in [2.24, 2.45) is 0 Å². The second kappa shape index (κ2) is 63.2. The van der Waals surface area contributed by atoms with Crippen LogP contribution < -0.4 is 5.32 Å². The van der Waals surface area contributed by atoms with E-state index in [1.54, 1.807) is 6.08 Å². The number of allylic oxidation sites excluding steroid dienone is 3. The van der Waals surface area contributed by atoms with E-state index in [0.29, 0.717) is 6.42 Å². The van der Waals surface area contributed by atoms with Crippen molar-refractivity contribution in [2.75, 3.05) is 26.4 Å². The van der Waals surface area contributed by atoms with Gasteiger partial charge < -0.3 is 89.9 Å². The highest BCUT2D eigenvalue weighted by Gasteiger charge is 2.54. The predicted octanol–water partition coefficient (Wildman–Crippen LogP) is 14.5. The summed E-state index contributed by atoms with van der Waals surface area (Å²) in [7, 11) is 0. The maximum atomic E-state index is 13.5. The Balaban J connectivity index is 1.36. The van der Waals surface area contributed by atoms with Crippen molar-refractivity contribution in [3.05, 3.63) is 24.3 Å². The van der Waals surface area contributed by atoms with E-state index in [0.717, 1.165) is 44.9 Å². The van der Waals surface area contributed by atoms with E-state index in [9.17, 15) is 61.0 Å². The molecule has 3 fully saturated rings. The Labute approximate surface area is 613 Å². The van der Waals surface area contributed by atoms with Crippen molar-refractivity contribution in [1.82, 2.24) is 5.32 Å². The molecule has 3 saturated heterocycles. The van der Waals surface area contributed by atoms with E-state index < -0.39 is 124 Å². The summed E-state index contributed by atoms with van der Waals surface area (Å²) < 4.78 is 34.5. The topological polar surface area (TPSA) is 307 Å². The molecule has 12 N–H and O–H groups in total. The molecule has 19 nitrogen and oxygen atoms in total. The summed E-state index contributed by atoms with van der Waals surface area (Å²) in [5.41, 5.74) is 0. The number of amides is 1. The summed E-state index contributed by atoms with van der Waals surface area (Å²) in [5, 5.41) is 121. The smallest absolute Gasteiger partial charge is 0.220 e. The summed E-state index contributed by atoms with van der Waals surface area (Å²) >= 11 is 0. The molecule has 3 rings (SSSR count). The van der Waals surface area contributed by atoms with Crippen molar-refractivity contribution < 1.29 is 89.4 Å². The number of hydrogen-bond donors (Lipinski definition) is 12. The number of aliphatic hydroxyl groups is 11. The molecule has 1 amide bonds. The summed E-state index contributed by atoms with van der Waals surface area (Å²) in [5.74, 6) is -0.269. The third-order valence-corrected chi connectivity index (χ3v) is 21.2. The number of carbonyl (C=O) groups excluding carboxylic acids is 1. The summed E-state index contributed by atoms with van der Waals surface area (Å²) in [4.78, 5) is 13.5. The van der Waals surface area contributed by atoms with Gasteiger partial charge in [0.2, 0.25) is 5.91 Å². The van der Waals surface area contributed by atoms with Gasteiger partial charge in [0.1, 0.15) is 73.2 Å². The van der Waals surface area contributed by atoms with E-state index in [-0.39, 0.29) is 18.9 Å². The lowest BCUT2D eigenvalue weighted by molar-refractivity contribution is -0.379. The molecule has 3 aliphatic heterocycles. The number of aliphatic hydroxyl groups excluding tert-OH is 11. The van der Waals surface area contributed by atoms with E-state index in [2.05, 4.69) is 31.3 Å². The molecule has 19 heteroatoms. The molecule has 0 bridgehead atoms. The Morgan fingerprint density at radius 1 is 0.347 bits per heavy atom. The normalized spacial score (nSPS) is 26.4. The first kappa shape index (κ1) is 93.5. The number of ether oxygens (including phenoxy) is 6. The summed E-state index contributed by atoms with van der Waals surface area (Å²) in [6.45, 7) is 1.80. The molecular weight excluding hydrogens is 1290 g/mol. The average molecular weight is 1440 g/mol. The number of hydrogen-bond acceptors (Lipinski definition) is 18. The first-order valence-corrected chi connectivity index (χ1v) is 42.1. The monoisotopic (exact) mass is 1440 g/mol. The minimum absolute atomic E-state index is 0.247. The van der Waals surface area contributed by atoms with Gasteiger partial charge in [-0.1, -0.05) is 334 Å². The molecule has 0 saturated carbocycles. The Bertz CT molecular complexity index is 1920. The zero-order valence-corrected chi connectivity index (χ0v) is 63.9. The van der Waals surface area contributed by atoms with Gasteiger partial charge in [-0.25, -0.2) is 0 Å². The van der Waals surface area contributed by atoms with Crippen molar-refractivity contribution >= 4 is 5.91 Å². The van der Waals surface area contributed by atoms with Crippen LogP contribution in [0.1, 0.15) is 361 Å². The molecule has 0 spiro atoms. The fourth-order valence-electron chi connectivity index (χ4n) is 14.5. The number of unbranched alkanes of at least 4 members (excludes halogenated alkanes) is 50. The van der Waals surface area contributed by atoms with Crippen molar-refractivity contribution in [2.45, 2.75) is 465 Å². The lowest BCUT2D eigenvalue weighted by Crippen LogP contribution is -2.66. The predicted molar refractivity (Wildman–Crippen MR) is 402 cm³/mol. The molecule has 17 unspecified atom stereocenters. The molecule has 0 radical (unpaired) electrons. The van der Waals surface area contributed by atoms with Gasteiger partial charge in [0.15, 0.2) is 18.9 Å². The molecule has 0 aliphatic carbocycles. The van der Waals surface area contributed by atoms with Gasteiger partial charge in [0.05, 0.1) is 38.6 Å². The Hall–Kier alpha value is -1.73. The fraction of sp³-hybridized carbons (Fsp3) is 0.939. The highest BCUT2D eigenvalue weighted by molar-refractivity contribution is 5.76. The second-order valence-corrected chi connectivity index (χ2v) is 30.3. The first-order chi connectivity index (χ1) is 49.3. The van der Waals surface area contributed by atoms with Gasteiger partial charge in [-0.2, -0.15) is 0 Å². The highest BCUT2D eigenvalue weighted by Crippen LogP contribution is 2.33. The Kier molecular flexibility index (Phi) is 58.5. The zero-order valence-electron chi connectivity index (χ0n) is 63.9. The number of nitrogens with one attached hydrogen (secondary N) is 1. The van der Waals surface area contributed by atoms with Crippen LogP contribution >= 0.6 is 0 Å². The molecule has 0 aromatic carbocycles. The van der Waals surface area contributed by atoms with Crippen LogP contribution in [-0.4, -0.2) is 193 Å². The second-order valence-electron chi connectivity index (χ2n) is 30.3. The lowest BCUT2D eigenvalue weighted by Gasteiger charge is -2.48. The summed E-state index contributed by atoms with van der Waals surface area (Å²) in [6, 6.07) is -0.973. The molecule has 101 heavy (non-hydrogen) atoms. The third kappa shape index (κ3) is 43.2. The van der Waals surface area contributed by atoms with Crippen LogP contribution in [0.15, 0.2) is 24.3 Å². The quantitative estimate of drug-likeness (QED) is 0.0199. The van der Waals surface area contributed by atoms with Crippen molar-refractivity contribution in [3.63, 3.8) is 0 Å². The van der Waals surface area contributed by atoms with E-state index in [4.69, 9.17) is 28.4 Å². The molecule has 3 aliphatic rings. The summed E-state index contributed by atoms with van der Waals surface area (Å²) in [6.07, 6.45) is 50.3. The first-order valence-electron chi connectivity index (χ1n) is 42.1. The van der Waals surface area contributed by atoms with Crippen LogP contribution in [-0.2, 0) is 33.2 Å². The SMILES string of the molecule is CCCCCCCCCC/C=C\CCCCCCCCCCCCCCCC(=O)NC(COC1OC(CO)C(OC2OC(CO)C(OC3OC(CO)C(O)C(O)C3O)C(O)C2O)C(O)C1O)C(O)/C=C/CCCCCCCCCCCCCCCCCCCCCCCCCCCCCCC. The van der Waals surface area contributed by atoms with Crippen molar-refractivity contribution in [1.29, 1.82) is 0 Å². The van der Waals surface area contributed by atoms with Crippen LogP contribution in [0, 0.1) is 0 Å². The van der Waals surface area contributed by atoms with E-state index >= 15 is 0 Å². The molecule has 0 aromatic heterocycles. The molecule has 0 aromatic rings. The average Bonchev–Trinajstić information content (AvgIpc) is 0.782. The minimum Gasteiger partial charge on any atom is -0.394 e. The van der Waals surface area contributed by atoms with Crippen LogP contribution in [0.4, 0.5) is 0 Å². The maximum absolute atomic E-state index is 13.5. The van der Waals surface area contributed by atoms with E-state index in [1.807, 2.05) is 6.08 Å². The Morgan fingerprint density at radius 3 is 0.960 bits per heavy atom. The van der Waals surface area contributed by atoms with Gasteiger partial charge in [-0.3, -0.25) is 4.79 Å². The molecule has 596 valence electrons. The molecule has 17 atom stereocenters. The largest absolute Gasteiger partial charge is 0.394 e. The van der Waals surface area contributed by atoms with Crippen LogP contribution in [0.25, 0.3) is 0 Å². The number of carbonyl (C=O) groups is 1. The number of rotatable bonds is 68. The minimum atomic E-state index is -1.98. The maximum Gasteiger partial charge on any atom is 0.220 e. The lowest BCUT2D eigenvalue weighted by atomic mass is 9.96. The molecular formula is C82H155NO18. The fourth-order valence-corrected chi connectivity index (χ4v) is 14.5. The Morgan fingerprint density at radius 2 is 0.624 bits per heavy atom. The van der Waals surface area contributed by atoms with E-state index in [1.165, 1.54) is 289 Å². The van der Waals surface area contributed by atoms with Gasteiger partial charge in [-0.05, 0) is 44.9 Å². The van der Waals surface area contributed by atoms with Gasteiger partial charge in [0.25, 0.3) is 0 Å². The molecule has 3 heterocycles. The highest BCUT2D eigenvalue weighted by atomic mass is 16.8.